The van der Waals surface area contributed by atoms with Gasteiger partial charge in [0.15, 0.2) is 0 Å². The molecule has 2 atom stereocenters. The van der Waals surface area contributed by atoms with Crippen molar-refractivity contribution in [2.75, 3.05) is 6.54 Å². The minimum Gasteiger partial charge on any atom is -0.488 e. The average Bonchev–Trinajstić information content (AvgIpc) is 3.45. The Kier molecular flexibility index (Phi) is 7.02. The third kappa shape index (κ3) is 5.93. The number of rotatable bonds is 8. The molecule has 2 aromatic carbocycles. The summed E-state index contributed by atoms with van der Waals surface area (Å²) in [6.07, 6.45) is -3.90. The summed E-state index contributed by atoms with van der Waals surface area (Å²) < 4.78 is 46.3. The second-order valence-corrected chi connectivity index (χ2v) is 9.00. The van der Waals surface area contributed by atoms with Gasteiger partial charge in [-0.15, -0.1) is 11.3 Å². The average molecular weight is 477 g/mol. The maximum Gasteiger partial charge on any atom is 0.426 e. The monoisotopic (exact) mass is 476 g/mol. The van der Waals surface area contributed by atoms with Crippen LogP contribution in [0.1, 0.15) is 21.7 Å². The van der Waals surface area contributed by atoms with Crippen LogP contribution in [0.3, 0.4) is 0 Å². The fourth-order valence-electron chi connectivity index (χ4n) is 3.76. The van der Waals surface area contributed by atoms with Gasteiger partial charge in [0, 0.05) is 29.6 Å². The molecule has 1 fully saturated rings. The highest BCUT2D eigenvalue weighted by Gasteiger charge is 2.36. The van der Waals surface area contributed by atoms with Crippen molar-refractivity contribution < 1.29 is 27.8 Å². The Bertz CT molecular complexity index is 1080. The third-order valence-electron chi connectivity index (χ3n) is 5.45. The molecule has 0 saturated carbocycles. The van der Waals surface area contributed by atoms with Gasteiger partial charge in [-0.3, -0.25) is 4.79 Å². The lowest BCUT2D eigenvalue weighted by atomic mass is 10.1. The van der Waals surface area contributed by atoms with E-state index in [-0.39, 0.29) is 18.2 Å². The molecule has 1 aliphatic rings. The number of hydrogen-bond donors (Lipinski definition) is 3. The number of thiophene rings is 1. The summed E-state index contributed by atoms with van der Waals surface area (Å²) >= 11 is 0.700. The van der Waals surface area contributed by atoms with Crippen LogP contribution in [-0.4, -0.2) is 29.7 Å². The lowest BCUT2D eigenvalue weighted by molar-refractivity contribution is -0.139. The Labute approximate surface area is 193 Å². The van der Waals surface area contributed by atoms with Gasteiger partial charge in [0.25, 0.3) is 0 Å². The van der Waals surface area contributed by atoms with Crippen LogP contribution in [0.25, 0.3) is 11.1 Å². The molecule has 174 valence electrons. The summed E-state index contributed by atoms with van der Waals surface area (Å²) in [5.41, 5.74) is 1.69. The zero-order valence-corrected chi connectivity index (χ0v) is 18.4. The van der Waals surface area contributed by atoms with E-state index in [2.05, 4.69) is 10.6 Å². The van der Waals surface area contributed by atoms with Gasteiger partial charge in [-0.05, 0) is 35.7 Å². The van der Waals surface area contributed by atoms with E-state index in [4.69, 9.17) is 9.84 Å². The highest BCUT2D eigenvalue weighted by molar-refractivity contribution is 7.12. The van der Waals surface area contributed by atoms with Gasteiger partial charge in [0.1, 0.15) is 23.3 Å². The van der Waals surface area contributed by atoms with Crippen molar-refractivity contribution in [3.8, 4) is 16.9 Å². The first kappa shape index (κ1) is 23.3. The van der Waals surface area contributed by atoms with E-state index in [1.165, 1.54) is 0 Å². The number of ether oxygens (including phenoxy) is 1. The Morgan fingerprint density at radius 1 is 1.15 bits per heavy atom. The molecule has 0 aliphatic carbocycles. The predicted molar refractivity (Wildman–Crippen MR) is 120 cm³/mol. The summed E-state index contributed by atoms with van der Waals surface area (Å²) in [7, 11) is 0. The highest BCUT2D eigenvalue weighted by atomic mass is 32.1. The molecule has 0 unspecified atom stereocenters. The predicted octanol–water partition coefficient (Wildman–Crippen LogP) is 4.92. The van der Waals surface area contributed by atoms with Crippen molar-refractivity contribution in [2.45, 2.75) is 37.8 Å². The number of hydrogen-bond acceptors (Lipinski definition) is 5. The third-order valence-corrected chi connectivity index (χ3v) is 6.61. The zero-order chi connectivity index (χ0) is 23.4. The molecular formula is C24H23F3N2O3S. The minimum absolute atomic E-state index is 0.0441. The number of halogens is 3. The smallest absolute Gasteiger partial charge is 0.426 e. The molecule has 9 heteroatoms. The number of aliphatic carboxylic acids is 1. The summed E-state index contributed by atoms with van der Waals surface area (Å²) in [5.74, 6) is -0.278. The highest BCUT2D eigenvalue weighted by Crippen LogP contribution is 2.43. The van der Waals surface area contributed by atoms with E-state index >= 15 is 0 Å². The van der Waals surface area contributed by atoms with Crippen molar-refractivity contribution in [1.29, 1.82) is 0 Å². The molecule has 3 aromatic rings. The molecule has 1 aromatic heterocycles. The Balaban J connectivity index is 1.35. The van der Waals surface area contributed by atoms with Crippen molar-refractivity contribution >= 4 is 17.3 Å². The van der Waals surface area contributed by atoms with Crippen LogP contribution in [-0.2, 0) is 24.1 Å². The van der Waals surface area contributed by atoms with Crippen molar-refractivity contribution in [2.24, 2.45) is 0 Å². The molecule has 0 radical (unpaired) electrons. The van der Waals surface area contributed by atoms with Crippen LogP contribution < -0.4 is 15.4 Å². The van der Waals surface area contributed by atoms with Crippen LogP contribution >= 0.6 is 11.3 Å². The second-order valence-electron chi connectivity index (χ2n) is 7.86. The molecule has 1 aliphatic heterocycles. The van der Waals surface area contributed by atoms with E-state index < -0.39 is 23.1 Å². The standard InChI is InChI=1S/C24H23F3N2O3S/c25-24(26,27)22-20(16-4-2-1-3-5-16)11-19(33-22)14-32-18-8-6-15(7-9-18)12-28-17-10-21(23(30)31)29-13-17/h1-9,11,17,21,28-29H,10,12-14H2,(H,30,31)/t17-,21-/m0/s1. The Morgan fingerprint density at radius 3 is 2.52 bits per heavy atom. The Morgan fingerprint density at radius 2 is 1.88 bits per heavy atom. The lowest BCUT2D eigenvalue weighted by Gasteiger charge is -2.12. The maximum absolute atomic E-state index is 13.5. The second kappa shape index (κ2) is 9.94. The molecule has 5 nitrogen and oxygen atoms in total. The van der Waals surface area contributed by atoms with E-state index in [9.17, 15) is 18.0 Å². The summed E-state index contributed by atoms with van der Waals surface area (Å²) in [6, 6.07) is 17.0. The first-order chi connectivity index (χ1) is 15.8. The largest absolute Gasteiger partial charge is 0.488 e. The number of carboxylic acid groups (broad SMARTS) is 1. The van der Waals surface area contributed by atoms with Crippen LogP contribution in [0.2, 0.25) is 0 Å². The molecular weight excluding hydrogens is 453 g/mol. The number of alkyl halides is 3. The van der Waals surface area contributed by atoms with Crippen LogP contribution in [0, 0.1) is 0 Å². The number of benzene rings is 2. The first-order valence-electron chi connectivity index (χ1n) is 10.5. The molecule has 0 spiro atoms. The minimum atomic E-state index is -4.43. The van der Waals surface area contributed by atoms with Gasteiger partial charge < -0.3 is 20.5 Å². The normalized spacial score (nSPS) is 18.4. The summed E-state index contributed by atoms with van der Waals surface area (Å²) in [6.45, 7) is 1.23. The van der Waals surface area contributed by atoms with E-state index in [0.29, 0.717) is 47.0 Å². The van der Waals surface area contributed by atoms with Gasteiger partial charge >= 0.3 is 12.1 Å². The van der Waals surface area contributed by atoms with Gasteiger partial charge in [0.2, 0.25) is 0 Å². The van der Waals surface area contributed by atoms with Gasteiger partial charge in [-0.2, -0.15) is 13.2 Å². The number of carboxylic acids is 1. The molecule has 3 N–H and O–H groups in total. The SMILES string of the molecule is O=C(O)[C@@H]1C[C@H](NCc2ccc(OCc3cc(-c4ccccc4)c(C(F)(F)F)s3)cc2)CN1. The quantitative estimate of drug-likeness (QED) is 0.431. The van der Waals surface area contributed by atoms with Crippen LogP contribution in [0.5, 0.6) is 5.75 Å². The van der Waals surface area contributed by atoms with Crippen LogP contribution in [0.4, 0.5) is 13.2 Å². The van der Waals surface area contributed by atoms with Crippen molar-refractivity contribution in [3.05, 3.63) is 76.0 Å². The zero-order valence-electron chi connectivity index (χ0n) is 17.6. The molecule has 0 bridgehead atoms. The van der Waals surface area contributed by atoms with Crippen molar-refractivity contribution in [3.63, 3.8) is 0 Å². The molecule has 1 saturated heterocycles. The summed E-state index contributed by atoms with van der Waals surface area (Å²) in [5, 5.41) is 15.3. The van der Waals surface area contributed by atoms with E-state index in [1.807, 2.05) is 12.1 Å². The maximum atomic E-state index is 13.5. The fourth-order valence-corrected chi connectivity index (χ4v) is 4.71. The topological polar surface area (TPSA) is 70.6 Å². The van der Waals surface area contributed by atoms with Crippen molar-refractivity contribution in [1.82, 2.24) is 10.6 Å². The Hall–Kier alpha value is -2.88. The molecule has 0 amide bonds. The first-order valence-corrected chi connectivity index (χ1v) is 11.3. The molecule has 2 heterocycles. The lowest BCUT2D eigenvalue weighted by Crippen LogP contribution is -2.30. The van der Waals surface area contributed by atoms with Gasteiger partial charge in [-0.1, -0.05) is 42.5 Å². The molecule has 33 heavy (non-hydrogen) atoms. The van der Waals surface area contributed by atoms with Gasteiger partial charge in [-0.25, -0.2) is 0 Å². The molecule has 4 rings (SSSR count). The van der Waals surface area contributed by atoms with Crippen LogP contribution in [0.15, 0.2) is 60.7 Å². The number of nitrogens with one attached hydrogen (secondary N) is 2. The number of carbonyl (C=O) groups is 1. The van der Waals surface area contributed by atoms with E-state index in [0.717, 1.165) is 5.56 Å². The van der Waals surface area contributed by atoms with E-state index in [1.54, 1.807) is 48.5 Å². The van der Waals surface area contributed by atoms with Gasteiger partial charge in [0.05, 0.1) is 0 Å². The summed E-state index contributed by atoms with van der Waals surface area (Å²) in [4.78, 5) is 10.9. The fraction of sp³-hybridized carbons (Fsp3) is 0.292.